The second-order valence-electron chi connectivity index (χ2n) is 2.68. The molecule has 0 aliphatic heterocycles. The summed E-state index contributed by atoms with van der Waals surface area (Å²) in [4.78, 5) is 14.8. The highest BCUT2D eigenvalue weighted by atomic mass is 79.9. The first kappa shape index (κ1) is 11.1. The number of rotatable bonds is 3. The Hall–Kier alpha value is -0.940. The molecule has 0 spiro atoms. The highest BCUT2D eigenvalue weighted by Crippen LogP contribution is 2.23. The van der Waals surface area contributed by atoms with Crippen molar-refractivity contribution in [1.82, 2.24) is 4.98 Å². The molecule has 0 saturated heterocycles. The number of hydrogen-bond donors (Lipinski definition) is 1. The number of aliphatic hydroxyl groups is 1. The van der Waals surface area contributed by atoms with Gasteiger partial charge >= 0.3 is 5.97 Å². The zero-order chi connectivity index (χ0) is 10.6. The monoisotopic (exact) mass is 259 g/mol. The summed E-state index contributed by atoms with van der Waals surface area (Å²) in [5.74, 6) is -0.451. The molecule has 0 fully saturated rings. The van der Waals surface area contributed by atoms with E-state index in [1.807, 2.05) is 0 Å². The minimum absolute atomic E-state index is 0.0687. The van der Waals surface area contributed by atoms with Crippen molar-refractivity contribution in [3.05, 3.63) is 28.5 Å². The number of pyridine rings is 1. The molecule has 1 aromatic rings. The number of aliphatic hydroxyl groups excluding tert-OH is 1. The number of nitrogens with zero attached hydrogens (tertiary/aromatic N) is 1. The maximum absolute atomic E-state index is 10.9. The second-order valence-corrected chi connectivity index (χ2v) is 3.43. The van der Waals surface area contributed by atoms with Crippen molar-refractivity contribution in [2.24, 2.45) is 0 Å². The molecule has 0 bridgehead atoms. The molecule has 0 radical (unpaired) electrons. The van der Waals surface area contributed by atoms with E-state index >= 15 is 0 Å². The number of halogens is 1. The smallest absolute Gasteiger partial charge is 0.308 e. The number of aromatic nitrogens is 1. The van der Waals surface area contributed by atoms with E-state index in [9.17, 15) is 9.90 Å². The van der Waals surface area contributed by atoms with E-state index < -0.39 is 12.1 Å². The van der Waals surface area contributed by atoms with E-state index in [-0.39, 0.29) is 6.42 Å². The van der Waals surface area contributed by atoms with Crippen molar-refractivity contribution < 1.29 is 14.6 Å². The quantitative estimate of drug-likeness (QED) is 0.660. The molecule has 1 heterocycles. The first-order valence-electron chi connectivity index (χ1n) is 4.00. The molecule has 0 unspecified atom stereocenters. The van der Waals surface area contributed by atoms with Crippen molar-refractivity contribution in [2.75, 3.05) is 7.11 Å². The van der Waals surface area contributed by atoms with Gasteiger partial charge in [0.25, 0.3) is 0 Å². The first-order chi connectivity index (χ1) is 6.65. The molecular formula is C9H10BrNO3. The molecule has 0 amide bonds. The Morgan fingerprint density at radius 2 is 2.50 bits per heavy atom. The van der Waals surface area contributed by atoms with E-state index in [4.69, 9.17) is 0 Å². The number of carbonyl (C=O) groups is 1. The highest BCUT2D eigenvalue weighted by Gasteiger charge is 2.15. The molecule has 14 heavy (non-hydrogen) atoms. The molecule has 1 N–H and O–H groups in total. The Morgan fingerprint density at radius 1 is 1.79 bits per heavy atom. The minimum Gasteiger partial charge on any atom is -0.469 e. The van der Waals surface area contributed by atoms with Crippen LogP contribution in [0.2, 0.25) is 0 Å². The summed E-state index contributed by atoms with van der Waals surface area (Å²) < 4.78 is 4.99. The van der Waals surface area contributed by atoms with Gasteiger partial charge in [-0.3, -0.25) is 4.79 Å². The van der Waals surface area contributed by atoms with Gasteiger partial charge in [-0.15, -0.1) is 0 Å². The van der Waals surface area contributed by atoms with Gasteiger partial charge in [0.1, 0.15) is 4.60 Å². The van der Waals surface area contributed by atoms with Crippen LogP contribution in [0.4, 0.5) is 0 Å². The van der Waals surface area contributed by atoms with Crippen LogP contribution in [0.5, 0.6) is 0 Å². The van der Waals surface area contributed by atoms with Crippen LogP contribution in [-0.4, -0.2) is 23.2 Å². The predicted octanol–water partition coefficient (Wildman–Crippen LogP) is 1.44. The third-order valence-corrected chi connectivity index (χ3v) is 2.40. The topological polar surface area (TPSA) is 59.4 Å². The molecule has 1 rings (SSSR count). The maximum atomic E-state index is 10.9. The van der Waals surface area contributed by atoms with Crippen molar-refractivity contribution in [3.63, 3.8) is 0 Å². The first-order valence-corrected chi connectivity index (χ1v) is 4.79. The van der Waals surface area contributed by atoms with Crippen LogP contribution in [0.25, 0.3) is 0 Å². The molecule has 1 aromatic heterocycles. The Kier molecular flexibility index (Phi) is 4.03. The number of esters is 1. The predicted molar refractivity (Wildman–Crippen MR) is 53.5 cm³/mol. The Labute approximate surface area is 90.0 Å². The van der Waals surface area contributed by atoms with E-state index in [0.29, 0.717) is 10.2 Å². The van der Waals surface area contributed by atoms with Gasteiger partial charge in [0, 0.05) is 11.8 Å². The zero-order valence-corrected chi connectivity index (χ0v) is 9.19. The fourth-order valence-corrected chi connectivity index (χ4v) is 1.51. The summed E-state index contributed by atoms with van der Waals surface area (Å²) in [5, 5.41) is 9.63. The summed E-state index contributed by atoms with van der Waals surface area (Å²) in [7, 11) is 1.29. The van der Waals surface area contributed by atoms with Crippen LogP contribution in [-0.2, 0) is 9.53 Å². The summed E-state index contributed by atoms with van der Waals surface area (Å²) in [6.45, 7) is 0. The Morgan fingerprint density at radius 3 is 3.07 bits per heavy atom. The van der Waals surface area contributed by atoms with Crippen molar-refractivity contribution >= 4 is 21.9 Å². The lowest BCUT2D eigenvalue weighted by atomic mass is 10.1. The largest absolute Gasteiger partial charge is 0.469 e. The van der Waals surface area contributed by atoms with Gasteiger partial charge in [-0.25, -0.2) is 4.98 Å². The molecule has 0 aromatic carbocycles. The minimum atomic E-state index is -0.884. The third kappa shape index (κ3) is 2.78. The Bertz CT molecular complexity index is 330. The number of methoxy groups -OCH3 is 1. The third-order valence-electron chi connectivity index (χ3n) is 1.73. The average Bonchev–Trinajstić information content (AvgIpc) is 2.18. The summed E-state index contributed by atoms with van der Waals surface area (Å²) >= 11 is 3.19. The van der Waals surface area contributed by atoms with Crippen molar-refractivity contribution in [3.8, 4) is 0 Å². The van der Waals surface area contributed by atoms with Gasteiger partial charge in [0.2, 0.25) is 0 Å². The standard InChI is InChI=1S/C9H10BrNO3/c1-14-8(13)5-7(12)6-3-2-4-11-9(6)10/h2-4,7,12H,5H2,1H3/t7-/m0/s1. The van der Waals surface area contributed by atoms with Gasteiger partial charge < -0.3 is 9.84 Å². The molecule has 1 atom stereocenters. The summed E-state index contributed by atoms with van der Waals surface area (Å²) in [6.07, 6.45) is 0.643. The van der Waals surface area contributed by atoms with Crippen LogP contribution in [0, 0.1) is 0 Å². The van der Waals surface area contributed by atoms with Crippen LogP contribution in [0.1, 0.15) is 18.1 Å². The van der Waals surface area contributed by atoms with Gasteiger partial charge in [-0.05, 0) is 22.0 Å². The molecule has 0 aliphatic carbocycles. The molecule has 4 nitrogen and oxygen atoms in total. The summed E-state index contributed by atoms with van der Waals surface area (Å²) in [6, 6.07) is 3.39. The lowest BCUT2D eigenvalue weighted by Gasteiger charge is -2.10. The van der Waals surface area contributed by atoms with Crippen molar-refractivity contribution in [2.45, 2.75) is 12.5 Å². The van der Waals surface area contributed by atoms with Crippen LogP contribution in [0.15, 0.2) is 22.9 Å². The lowest BCUT2D eigenvalue weighted by Crippen LogP contribution is -2.08. The van der Waals surface area contributed by atoms with Crippen molar-refractivity contribution in [1.29, 1.82) is 0 Å². The van der Waals surface area contributed by atoms with Gasteiger partial charge in [-0.2, -0.15) is 0 Å². The summed E-state index contributed by atoms with van der Waals surface area (Å²) in [5.41, 5.74) is 0.581. The molecular weight excluding hydrogens is 250 g/mol. The highest BCUT2D eigenvalue weighted by molar-refractivity contribution is 9.10. The van der Waals surface area contributed by atoms with Gasteiger partial charge in [0.15, 0.2) is 0 Å². The maximum Gasteiger partial charge on any atom is 0.308 e. The van der Waals surface area contributed by atoms with Crippen LogP contribution in [0.3, 0.4) is 0 Å². The normalized spacial score (nSPS) is 12.2. The van der Waals surface area contributed by atoms with E-state index in [2.05, 4.69) is 25.7 Å². The number of ether oxygens (including phenoxy) is 1. The van der Waals surface area contributed by atoms with E-state index in [1.54, 1.807) is 18.3 Å². The second kappa shape index (κ2) is 5.07. The average molecular weight is 260 g/mol. The SMILES string of the molecule is COC(=O)C[C@H](O)c1cccnc1Br. The number of carbonyl (C=O) groups excluding carboxylic acids is 1. The zero-order valence-electron chi connectivity index (χ0n) is 7.61. The number of hydrogen-bond acceptors (Lipinski definition) is 4. The van der Waals surface area contributed by atoms with Crippen LogP contribution < -0.4 is 0 Å². The molecule has 5 heteroatoms. The lowest BCUT2D eigenvalue weighted by molar-refractivity contribution is -0.142. The molecule has 0 aliphatic rings. The molecule has 76 valence electrons. The fraction of sp³-hybridized carbons (Fsp3) is 0.333. The van der Waals surface area contributed by atoms with Gasteiger partial charge in [-0.1, -0.05) is 6.07 Å². The Balaban J connectivity index is 2.74. The van der Waals surface area contributed by atoms with E-state index in [0.717, 1.165) is 0 Å². The van der Waals surface area contributed by atoms with Gasteiger partial charge in [0.05, 0.1) is 19.6 Å². The van der Waals surface area contributed by atoms with E-state index in [1.165, 1.54) is 7.11 Å². The fourth-order valence-electron chi connectivity index (χ4n) is 0.998. The van der Waals surface area contributed by atoms with Crippen LogP contribution >= 0.6 is 15.9 Å². The molecule has 0 saturated carbocycles.